The second-order valence-corrected chi connectivity index (χ2v) is 26.1. The zero-order chi connectivity index (χ0) is 50.6. The Labute approximate surface area is 425 Å². The number of hydrogen-bond acceptors (Lipinski definition) is 10. The summed E-state index contributed by atoms with van der Waals surface area (Å²) in [5.74, 6) is 10.4. The van der Waals surface area contributed by atoms with Gasteiger partial charge in [-0.2, -0.15) is 0 Å². The Kier molecular flexibility index (Phi) is 15.1. The average Bonchev–Trinajstić information content (AvgIpc) is 3.33. The minimum absolute atomic E-state index is 0.154. The maximum Gasteiger partial charge on any atom is 0.344 e. The van der Waals surface area contributed by atoms with E-state index >= 15 is 0 Å². The van der Waals surface area contributed by atoms with Crippen LogP contribution >= 0.6 is 0 Å². The molecule has 71 heavy (non-hydrogen) atoms. The fraction of sp³-hybridized carbons (Fsp3) is 0.787. The minimum atomic E-state index is -0.586. The Morgan fingerprint density at radius 3 is 1.04 bits per heavy atom. The van der Waals surface area contributed by atoms with Gasteiger partial charge in [0.2, 0.25) is 0 Å². The lowest BCUT2D eigenvalue weighted by atomic mass is 9.47. The van der Waals surface area contributed by atoms with Gasteiger partial charge in [0.05, 0.1) is 0 Å². The zero-order valence-corrected chi connectivity index (χ0v) is 44.1. The lowest BCUT2D eigenvalue weighted by Crippen LogP contribution is -2.62. The molecule has 0 atom stereocenters. The molecule has 392 valence electrons. The molecule has 0 aromatic rings. The Morgan fingerprint density at radius 2 is 0.718 bits per heavy atom. The number of hydrogen-bond donors (Lipinski definition) is 0. The van der Waals surface area contributed by atoms with Crippen molar-refractivity contribution in [2.75, 3.05) is 6.61 Å². The molecule has 16 rings (SSSR count). The highest BCUT2D eigenvalue weighted by Crippen LogP contribution is 2.64. The highest BCUT2D eigenvalue weighted by Gasteiger charge is 2.62. The average molecular weight is 981 g/mol. The molecular weight excluding hydrogens is 893 g/mol. The first kappa shape index (κ1) is 52.2. The van der Waals surface area contributed by atoms with E-state index in [2.05, 4.69) is 60.9 Å². The summed E-state index contributed by atoms with van der Waals surface area (Å²) in [6, 6.07) is 0. The van der Waals surface area contributed by atoms with E-state index in [4.69, 9.17) is 23.7 Å². The lowest BCUT2D eigenvalue weighted by molar-refractivity contribution is -0.220. The van der Waals surface area contributed by atoms with Crippen LogP contribution < -0.4 is 0 Å². The van der Waals surface area contributed by atoms with E-state index in [0.29, 0.717) is 53.3 Å². The smallest absolute Gasteiger partial charge is 0.344 e. The van der Waals surface area contributed by atoms with Gasteiger partial charge in [0, 0.05) is 24.3 Å². The van der Waals surface area contributed by atoms with E-state index in [1.54, 1.807) is 0 Å². The molecule has 0 aromatic heterocycles. The van der Waals surface area contributed by atoms with Gasteiger partial charge in [0.15, 0.2) is 6.61 Å². The number of ether oxygens (including phenoxy) is 5. The van der Waals surface area contributed by atoms with Crippen molar-refractivity contribution in [1.82, 2.24) is 0 Å². The summed E-state index contributed by atoms with van der Waals surface area (Å²) in [5.41, 5.74) is -0.902. The fourth-order valence-electron chi connectivity index (χ4n) is 19.7. The van der Waals surface area contributed by atoms with Crippen LogP contribution in [0.25, 0.3) is 0 Å². The van der Waals surface area contributed by atoms with Gasteiger partial charge in [-0.05, 0) is 249 Å². The Bertz CT molecular complexity index is 1950. The first-order valence-corrected chi connectivity index (χ1v) is 28.4. The number of carbonyl (C=O) groups excluding carboxylic acids is 5. The molecule has 16 aliphatic carbocycles. The van der Waals surface area contributed by atoms with E-state index in [1.165, 1.54) is 147 Å². The van der Waals surface area contributed by atoms with Gasteiger partial charge in [-0.3, -0.25) is 0 Å². The molecule has 0 saturated heterocycles. The van der Waals surface area contributed by atoms with Gasteiger partial charge in [-0.1, -0.05) is 47.1 Å². The first-order chi connectivity index (χ1) is 33.9. The second-order valence-electron chi connectivity index (χ2n) is 26.1. The molecule has 0 unspecified atom stereocenters. The Morgan fingerprint density at radius 1 is 0.423 bits per heavy atom. The summed E-state index contributed by atoms with van der Waals surface area (Å²) in [5, 5.41) is 0. The molecule has 16 aliphatic rings. The topological polar surface area (TPSA) is 132 Å². The number of carbonyl (C=O) groups is 5. The Balaban J connectivity index is 0.000000118. The van der Waals surface area contributed by atoms with Crippen LogP contribution in [-0.4, -0.2) is 58.9 Å². The van der Waals surface area contributed by atoms with Crippen LogP contribution in [-0.2, 0) is 47.7 Å². The SMILES string of the molecule is C=CC(=O)OC1(C(C)C)C2CC3CC(C2)CC1C3.C=CC(=O)OC1(C)C2CC3CC(C2)CC1C3.C=CC(=O)OC1(CC)C2CC3CC(C2)CC1C3.C=CC(=O)OCC(=O)OC1(C)C2CC3CC(C2)CC1C3. The van der Waals surface area contributed by atoms with Crippen LogP contribution in [0.15, 0.2) is 50.6 Å². The fourth-order valence-corrected chi connectivity index (χ4v) is 19.7. The predicted molar refractivity (Wildman–Crippen MR) is 272 cm³/mol. The summed E-state index contributed by atoms with van der Waals surface area (Å²) in [6.07, 6.45) is 31.7. The third kappa shape index (κ3) is 9.92. The summed E-state index contributed by atoms with van der Waals surface area (Å²) >= 11 is 0. The minimum Gasteiger partial charge on any atom is -0.456 e. The van der Waals surface area contributed by atoms with Gasteiger partial charge >= 0.3 is 29.8 Å². The van der Waals surface area contributed by atoms with Crippen molar-refractivity contribution in [3.8, 4) is 0 Å². The van der Waals surface area contributed by atoms with E-state index in [1.807, 2.05) is 0 Å². The highest BCUT2D eigenvalue weighted by atomic mass is 16.6. The van der Waals surface area contributed by atoms with Crippen LogP contribution in [0.1, 0.15) is 169 Å². The molecule has 0 N–H and O–H groups in total. The van der Waals surface area contributed by atoms with Gasteiger partial charge in [-0.15, -0.1) is 0 Å². The summed E-state index contributed by atoms with van der Waals surface area (Å²) in [6.45, 7) is 24.4. The number of esters is 5. The summed E-state index contributed by atoms with van der Waals surface area (Å²) in [4.78, 5) is 57.8. The van der Waals surface area contributed by atoms with Gasteiger partial charge in [0.1, 0.15) is 22.4 Å². The van der Waals surface area contributed by atoms with Gasteiger partial charge < -0.3 is 23.7 Å². The van der Waals surface area contributed by atoms with Gasteiger partial charge in [0.25, 0.3) is 0 Å². The highest BCUT2D eigenvalue weighted by molar-refractivity contribution is 5.84. The Hall–Kier alpha value is -3.69. The van der Waals surface area contributed by atoms with Crippen molar-refractivity contribution in [3.63, 3.8) is 0 Å². The van der Waals surface area contributed by atoms with Crippen molar-refractivity contribution in [2.45, 2.75) is 192 Å². The molecular formula is C61H88O10. The van der Waals surface area contributed by atoms with E-state index in [-0.39, 0.29) is 46.9 Å². The molecule has 0 aliphatic heterocycles. The molecule has 10 nitrogen and oxygen atoms in total. The molecule has 0 radical (unpaired) electrons. The van der Waals surface area contributed by atoms with E-state index in [9.17, 15) is 24.0 Å². The third-order valence-corrected chi connectivity index (χ3v) is 22.1. The van der Waals surface area contributed by atoms with Crippen molar-refractivity contribution in [1.29, 1.82) is 0 Å². The molecule has 10 heteroatoms. The normalized spacial score (nSPS) is 45.4. The molecule has 0 spiro atoms. The standard InChI is InChI=1S/C16H22O4.C16H24O2.C15H22O2.C14H20O2/c1-3-14(17)19-9-15(18)20-16(2)12-5-10-4-11(7-12)8-13(16)6-10;1-4-15(17)18-16(10(2)3)13-6-11-5-12(8-13)9-14(16)7-11;1-3-14(16)17-15(4-2)12-6-10-5-11(8-12)9-13(15)7-10;1-3-13(15)16-14(2)11-5-9-4-10(7-11)8-12(14)6-9/h3,10-13H,1,4-9H2,2H3;4,10-14H,1,5-9H2,2-3H3;3,10-13H,1,4-9H2,2H3;3,9-12H,1,4-8H2,2H3. The van der Waals surface area contributed by atoms with E-state index < -0.39 is 11.9 Å². The van der Waals surface area contributed by atoms with E-state index in [0.717, 1.165) is 59.8 Å². The van der Waals surface area contributed by atoms with Crippen LogP contribution in [0.2, 0.25) is 0 Å². The number of rotatable bonds is 12. The maximum absolute atomic E-state index is 11.9. The molecule has 0 heterocycles. The van der Waals surface area contributed by atoms with Crippen molar-refractivity contribution >= 4 is 29.8 Å². The predicted octanol–water partition coefficient (Wildman–Crippen LogP) is 12.3. The quantitative estimate of drug-likeness (QED) is 0.106. The summed E-state index contributed by atoms with van der Waals surface area (Å²) in [7, 11) is 0. The third-order valence-electron chi connectivity index (χ3n) is 22.1. The molecule has 16 saturated carbocycles. The van der Waals surface area contributed by atoms with Crippen molar-refractivity contribution < 1.29 is 47.7 Å². The maximum atomic E-state index is 11.9. The largest absolute Gasteiger partial charge is 0.456 e. The van der Waals surface area contributed by atoms with Crippen molar-refractivity contribution in [2.24, 2.45) is 101 Å². The lowest BCUT2D eigenvalue weighted by Gasteiger charge is -2.61. The van der Waals surface area contributed by atoms with Crippen LogP contribution in [0, 0.1) is 101 Å². The first-order valence-electron chi connectivity index (χ1n) is 28.4. The van der Waals surface area contributed by atoms with Crippen molar-refractivity contribution in [3.05, 3.63) is 50.6 Å². The second kappa shape index (κ2) is 20.6. The zero-order valence-electron chi connectivity index (χ0n) is 44.1. The van der Waals surface area contributed by atoms with Gasteiger partial charge in [-0.25, -0.2) is 24.0 Å². The molecule has 0 amide bonds. The molecule has 0 aromatic carbocycles. The molecule has 16 fully saturated rings. The summed E-state index contributed by atoms with van der Waals surface area (Å²) < 4.78 is 28.1. The van der Waals surface area contributed by atoms with Crippen LogP contribution in [0.5, 0.6) is 0 Å². The molecule has 16 bridgehead atoms. The monoisotopic (exact) mass is 981 g/mol. The van der Waals surface area contributed by atoms with Crippen LogP contribution in [0.4, 0.5) is 0 Å². The van der Waals surface area contributed by atoms with Crippen LogP contribution in [0.3, 0.4) is 0 Å².